The highest BCUT2D eigenvalue weighted by molar-refractivity contribution is 5.85. The maximum absolute atomic E-state index is 13.1. The summed E-state index contributed by atoms with van der Waals surface area (Å²) in [5.74, 6) is -0.349. The molecule has 0 saturated carbocycles. The predicted molar refractivity (Wildman–Crippen MR) is 84.9 cm³/mol. The smallest absolute Gasteiger partial charge is 0.228 e. The summed E-state index contributed by atoms with van der Waals surface area (Å²) in [5, 5.41) is 3.13. The molecule has 114 valence electrons. The molecule has 1 heterocycles. The minimum atomic E-state index is -0.258. The van der Waals surface area contributed by atoms with Crippen LogP contribution in [0.4, 0.5) is 4.39 Å². The summed E-state index contributed by atoms with van der Waals surface area (Å²) in [4.78, 5) is 12.5. The van der Waals surface area contributed by atoms with Crippen LogP contribution in [0.5, 0.6) is 0 Å². The van der Waals surface area contributed by atoms with E-state index in [-0.39, 0.29) is 29.1 Å². The molecule has 3 rings (SSSR count). The second-order valence-corrected chi connectivity index (χ2v) is 6.65. The number of amides is 1. The second kappa shape index (κ2) is 5.56. The van der Waals surface area contributed by atoms with Gasteiger partial charge in [0.25, 0.3) is 0 Å². The Labute approximate surface area is 130 Å². The van der Waals surface area contributed by atoms with E-state index < -0.39 is 0 Å². The first kappa shape index (κ1) is 14.8. The first-order chi connectivity index (χ1) is 10.5. The molecule has 1 saturated heterocycles. The predicted octanol–water partition coefficient (Wildman–Crippen LogP) is 4.20. The number of benzene rings is 2. The van der Waals surface area contributed by atoms with Gasteiger partial charge in [0.1, 0.15) is 5.82 Å². The lowest BCUT2D eigenvalue weighted by molar-refractivity contribution is -0.128. The van der Waals surface area contributed by atoms with Crippen molar-refractivity contribution in [2.24, 2.45) is 5.41 Å². The average molecular weight is 297 g/mol. The summed E-state index contributed by atoms with van der Waals surface area (Å²) in [6.45, 7) is 4.30. The Morgan fingerprint density at radius 1 is 1.00 bits per heavy atom. The van der Waals surface area contributed by atoms with Crippen molar-refractivity contribution in [2.75, 3.05) is 0 Å². The van der Waals surface area contributed by atoms with Crippen molar-refractivity contribution in [1.82, 2.24) is 5.32 Å². The monoisotopic (exact) mass is 297 g/mol. The maximum Gasteiger partial charge on any atom is 0.228 e. The van der Waals surface area contributed by atoms with Gasteiger partial charge in [-0.2, -0.15) is 0 Å². The van der Waals surface area contributed by atoms with Crippen LogP contribution in [0.1, 0.15) is 43.4 Å². The third-order valence-electron chi connectivity index (χ3n) is 4.52. The Kier molecular flexibility index (Phi) is 3.73. The minimum absolute atomic E-state index is 0.0415. The lowest BCUT2D eigenvalue weighted by Crippen LogP contribution is -2.47. The molecule has 0 bridgehead atoms. The van der Waals surface area contributed by atoms with Gasteiger partial charge >= 0.3 is 0 Å². The van der Waals surface area contributed by atoms with Crippen molar-refractivity contribution in [2.45, 2.75) is 32.2 Å². The number of hydrogen-bond acceptors (Lipinski definition) is 1. The lowest BCUT2D eigenvalue weighted by atomic mass is 9.69. The molecule has 0 aliphatic carbocycles. The van der Waals surface area contributed by atoms with Gasteiger partial charge in [0.15, 0.2) is 0 Å². The molecule has 0 aromatic heterocycles. The van der Waals surface area contributed by atoms with E-state index in [1.807, 2.05) is 30.3 Å². The fourth-order valence-electron chi connectivity index (χ4n) is 3.32. The fraction of sp³-hybridized carbons (Fsp3) is 0.316. The molecule has 2 nitrogen and oxygen atoms in total. The summed E-state index contributed by atoms with van der Waals surface area (Å²) < 4.78 is 13.1. The molecule has 0 spiro atoms. The Morgan fingerprint density at radius 2 is 1.64 bits per heavy atom. The number of piperidine rings is 1. The SMILES string of the molecule is CC1(C)CC(c2ccccc2)C(=O)NC1c1ccc(F)cc1. The molecule has 1 aliphatic rings. The van der Waals surface area contributed by atoms with Crippen LogP contribution in [0.3, 0.4) is 0 Å². The second-order valence-electron chi connectivity index (χ2n) is 6.65. The van der Waals surface area contributed by atoms with Gasteiger partial charge in [0, 0.05) is 0 Å². The van der Waals surface area contributed by atoms with Crippen LogP contribution < -0.4 is 5.32 Å². The first-order valence-corrected chi connectivity index (χ1v) is 7.58. The fourth-order valence-corrected chi connectivity index (χ4v) is 3.32. The van der Waals surface area contributed by atoms with E-state index in [4.69, 9.17) is 0 Å². The van der Waals surface area contributed by atoms with E-state index in [1.54, 1.807) is 12.1 Å². The summed E-state index contributed by atoms with van der Waals surface area (Å²) in [5.41, 5.74) is 1.89. The Morgan fingerprint density at radius 3 is 2.27 bits per heavy atom. The number of carbonyl (C=O) groups excluding carboxylic acids is 1. The molecule has 1 N–H and O–H groups in total. The zero-order valence-corrected chi connectivity index (χ0v) is 12.8. The number of rotatable bonds is 2. The summed E-state index contributed by atoms with van der Waals surface area (Å²) in [6.07, 6.45) is 0.769. The average Bonchev–Trinajstić information content (AvgIpc) is 2.51. The first-order valence-electron chi connectivity index (χ1n) is 7.58. The molecule has 1 aliphatic heterocycles. The maximum atomic E-state index is 13.1. The van der Waals surface area contributed by atoms with Gasteiger partial charge in [-0.05, 0) is 35.1 Å². The van der Waals surface area contributed by atoms with E-state index in [0.29, 0.717) is 0 Å². The van der Waals surface area contributed by atoms with Gasteiger partial charge in [0.05, 0.1) is 12.0 Å². The van der Waals surface area contributed by atoms with Crippen molar-refractivity contribution in [3.8, 4) is 0 Å². The Balaban J connectivity index is 1.89. The van der Waals surface area contributed by atoms with Crippen molar-refractivity contribution < 1.29 is 9.18 Å². The van der Waals surface area contributed by atoms with E-state index in [1.165, 1.54) is 12.1 Å². The van der Waals surface area contributed by atoms with E-state index in [0.717, 1.165) is 17.5 Å². The quantitative estimate of drug-likeness (QED) is 0.884. The summed E-state index contributed by atoms with van der Waals surface area (Å²) in [6, 6.07) is 16.2. The summed E-state index contributed by atoms with van der Waals surface area (Å²) in [7, 11) is 0. The number of hydrogen-bond donors (Lipinski definition) is 1. The van der Waals surface area contributed by atoms with Crippen LogP contribution in [0.25, 0.3) is 0 Å². The lowest BCUT2D eigenvalue weighted by Gasteiger charge is -2.43. The topological polar surface area (TPSA) is 29.1 Å². The van der Waals surface area contributed by atoms with Crippen molar-refractivity contribution >= 4 is 5.91 Å². The van der Waals surface area contributed by atoms with Gasteiger partial charge in [0.2, 0.25) is 5.91 Å². The Bertz CT molecular complexity index is 664. The Hall–Kier alpha value is -2.16. The van der Waals surface area contributed by atoms with Crippen LogP contribution in [0.15, 0.2) is 54.6 Å². The standard InChI is InChI=1S/C19H20FNO/c1-19(2)12-16(13-6-4-3-5-7-13)18(22)21-17(19)14-8-10-15(20)11-9-14/h3-11,16-17H,12H2,1-2H3,(H,21,22). The van der Waals surface area contributed by atoms with Gasteiger partial charge in [-0.15, -0.1) is 0 Å². The van der Waals surface area contributed by atoms with Crippen LogP contribution in [-0.2, 0) is 4.79 Å². The number of nitrogens with one attached hydrogen (secondary N) is 1. The van der Waals surface area contributed by atoms with Crippen LogP contribution in [-0.4, -0.2) is 5.91 Å². The molecule has 0 radical (unpaired) electrons. The minimum Gasteiger partial charge on any atom is -0.348 e. The highest BCUT2D eigenvalue weighted by Gasteiger charge is 2.42. The molecule has 2 unspecified atom stereocenters. The van der Waals surface area contributed by atoms with E-state index in [2.05, 4.69) is 19.2 Å². The van der Waals surface area contributed by atoms with Crippen LogP contribution in [0, 0.1) is 11.2 Å². The number of halogens is 1. The van der Waals surface area contributed by atoms with Gasteiger partial charge in [-0.1, -0.05) is 56.3 Å². The molecule has 2 aromatic carbocycles. The van der Waals surface area contributed by atoms with Gasteiger partial charge in [-0.3, -0.25) is 4.79 Å². The van der Waals surface area contributed by atoms with E-state index in [9.17, 15) is 9.18 Å². The van der Waals surface area contributed by atoms with Gasteiger partial charge in [-0.25, -0.2) is 4.39 Å². The van der Waals surface area contributed by atoms with Crippen LogP contribution >= 0.6 is 0 Å². The highest BCUT2D eigenvalue weighted by atomic mass is 19.1. The number of carbonyl (C=O) groups is 1. The highest BCUT2D eigenvalue weighted by Crippen LogP contribution is 2.45. The molecular weight excluding hydrogens is 277 g/mol. The van der Waals surface area contributed by atoms with Gasteiger partial charge < -0.3 is 5.32 Å². The molecule has 22 heavy (non-hydrogen) atoms. The van der Waals surface area contributed by atoms with E-state index >= 15 is 0 Å². The third-order valence-corrected chi connectivity index (χ3v) is 4.52. The third kappa shape index (κ3) is 2.76. The van der Waals surface area contributed by atoms with Crippen molar-refractivity contribution in [3.63, 3.8) is 0 Å². The normalized spacial score (nSPS) is 23.9. The zero-order valence-electron chi connectivity index (χ0n) is 12.8. The van der Waals surface area contributed by atoms with Crippen LogP contribution in [0.2, 0.25) is 0 Å². The molecular formula is C19H20FNO. The van der Waals surface area contributed by atoms with Crippen molar-refractivity contribution in [3.05, 3.63) is 71.5 Å². The molecule has 2 atom stereocenters. The molecule has 1 fully saturated rings. The summed E-state index contributed by atoms with van der Waals surface area (Å²) >= 11 is 0. The largest absolute Gasteiger partial charge is 0.348 e. The molecule has 3 heteroatoms. The zero-order chi connectivity index (χ0) is 15.7. The molecule has 1 amide bonds. The van der Waals surface area contributed by atoms with Crippen molar-refractivity contribution in [1.29, 1.82) is 0 Å². The molecule has 2 aromatic rings.